The molecule has 4 nitrogen and oxygen atoms in total. The van der Waals surface area contributed by atoms with Crippen LogP contribution in [0.25, 0.3) is 0 Å². The van der Waals surface area contributed by atoms with Gasteiger partial charge in [-0.05, 0) is 42.2 Å². The Balaban J connectivity index is 2.14. The lowest BCUT2D eigenvalue weighted by molar-refractivity contribution is 0.426. The molecule has 2 N–H and O–H groups in total. The summed E-state index contributed by atoms with van der Waals surface area (Å²) in [6, 6.07) is 14.3. The number of rotatable bonds is 3. The van der Waals surface area contributed by atoms with Crippen molar-refractivity contribution < 1.29 is 10.0 Å². The molecule has 0 unspecified atom stereocenters. The van der Waals surface area contributed by atoms with E-state index in [0.29, 0.717) is 11.2 Å². The van der Waals surface area contributed by atoms with E-state index in [2.05, 4.69) is 10.2 Å². The monoisotopic (exact) mass is 240 g/mol. The predicted molar refractivity (Wildman–Crippen MR) is 71.6 cm³/mol. The second-order valence-corrected chi connectivity index (χ2v) is 4.00. The summed E-state index contributed by atoms with van der Waals surface area (Å²) in [4.78, 5) is 0. The zero-order valence-electron chi connectivity index (χ0n) is 9.99. The molecular weight excluding hydrogens is 227 g/mol. The summed E-state index contributed by atoms with van der Waals surface area (Å²) in [5.41, 5.74) is 3.02. The van der Waals surface area contributed by atoms with Crippen molar-refractivity contribution in [2.45, 2.75) is 6.92 Å². The minimum Gasteiger partial charge on any atom is -0.423 e. The molecule has 0 aliphatic carbocycles. The Morgan fingerprint density at radius 2 is 1.56 bits per heavy atom. The van der Waals surface area contributed by atoms with Crippen LogP contribution >= 0.6 is 0 Å². The van der Waals surface area contributed by atoms with E-state index in [9.17, 15) is 0 Å². The molecule has 0 aliphatic heterocycles. The molecule has 0 radical (unpaired) electrons. The Labute approximate surface area is 106 Å². The van der Waals surface area contributed by atoms with Gasteiger partial charge in [0.05, 0.1) is 11.4 Å². The highest BCUT2D eigenvalue weighted by Gasteiger charge is 2.09. The molecule has 0 heterocycles. The molecule has 0 saturated carbocycles. The average Bonchev–Trinajstić information content (AvgIpc) is 2.37. The summed E-state index contributed by atoms with van der Waals surface area (Å²) in [5, 5.41) is 26.1. The highest BCUT2D eigenvalue weighted by Crippen LogP contribution is 2.18. The van der Waals surface area contributed by atoms with Crippen LogP contribution in [0.1, 0.15) is 5.56 Å². The zero-order chi connectivity index (χ0) is 13.0. The van der Waals surface area contributed by atoms with Gasteiger partial charge in [0.25, 0.3) is 0 Å². The number of benzene rings is 2. The molecule has 0 spiro atoms. The van der Waals surface area contributed by atoms with Crippen molar-refractivity contribution in [2.75, 3.05) is 0 Å². The van der Waals surface area contributed by atoms with Crippen LogP contribution in [0, 0.1) is 6.92 Å². The number of aryl methyl sites for hydroxylation is 1. The van der Waals surface area contributed by atoms with Crippen molar-refractivity contribution in [1.29, 1.82) is 0 Å². The van der Waals surface area contributed by atoms with Crippen molar-refractivity contribution in [3.8, 4) is 0 Å². The van der Waals surface area contributed by atoms with Gasteiger partial charge in [0, 0.05) is 0 Å². The fourth-order valence-corrected chi connectivity index (χ4v) is 1.52. The smallest absolute Gasteiger partial charge is 0.423 e. The molecule has 0 fully saturated rings. The van der Waals surface area contributed by atoms with Gasteiger partial charge in [-0.15, -0.1) is 0 Å². The Morgan fingerprint density at radius 3 is 2.17 bits per heavy atom. The quantitative estimate of drug-likeness (QED) is 0.637. The second-order valence-electron chi connectivity index (χ2n) is 4.00. The first kappa shape index (κ1) is 12.5. The second kappa shape index (κ2) is 5.57. The van der Waals surface area contributed by atoms with E-state index in [1.54, 1.807) is 24.3 Å². The summed E-state index contributed by atoms with van der Waals surface area (Å²) in [7, 11) is -1.45. The predicted octanol–water partition coefficient (Wildman–Crippen LogP) is 2.09. The van der Waals surface area contributed by atoms with Crippen LogP contribution in [0.3, 0.4) is 0 Å². The first-order valence-electron chi connectivity index (χ1n) is 5.60. The molecule has 2 aromatic carbocycles. The number of azo groups is 1. The standard InChI is InChI=1S/C13H13BN2O2/c1-10-3-2-4-13(9-10)16-15-12-7-5-11(6-8-12)14(17)18/h2-9,17-18H,1H3/b16-15+. The fraction of sp³-hybridized carbons (Fsp3) is 0.0769. The minimum atomic E-state index is -1.45. The van der Waals surface area contributed by atoms with Gasteiger partial charge in [0.2, 0.25) is 0 Å². The van der Waals surface area contributed by atoms with Crippen molar-refractivity contribution >= 4 is 24.0 Å². The maximum atomic E-state index is 8.95. The average molecular weight is 240 g/mol. The Bertz CT molecular complexity index is 553. The third-order valence-corrected chi connectivity index (χ3v) is 2.47. The summed E-state index contributed by atoms with van der Waals surface area (Å²) >= 11 is 0. The topological polar surface area (TPSA) is 65.2 Å². The van der Waals surface area contributed by atoms with Crippen molar-refractivity contribution in [3.63, 3.8) is 0 Å². The summed E-state index contributed by atoms with van der Waals surface area (Å²) in [6.07, 6.45) is 0. The van der Waals surface area contributed by atoms with Crippen LogP contribution < -0.4 is 5.46 Å². The largest absolute Gasteiger partial charge is 0.488 e. The van der Waals surface area contributed by atoms with Crippen molar-refractivity contribution in [2.24, 2.45) is 10.2 Å². The summed E-state index contributed by atoms with van der Waals surface area (Å²) in [5.74, 6) is 0. The Morgan fingerprint density at radius 1 is 0.889 bits per heavy atom. The van der Waals surface area contributed by atoms with Gasteiger partial charge < -0.3 is 10.0 Å². The van der Waals surface area contributed by atoms with Crippen LogP contribution in [0.4, 0.5) is 11.4 Å². The molecular formula is C13H13BN2O2. The number of hydrogen-bond acceptors (Lipinski definition) is 4. The Kier molecular flexibility index (Phi) is 3.87. The van der Waals surface area contributed by atoms with Crippen LogP contribution in [0.15, 0.2) is 58.8 Å². The van der Waals surface area contributed by atoms with Gasteiger partial charge in [-0.25, -0.2) is 0 Å². The molecule has 0 aliphatic rings. The van der Waals surface area contributed by atoms with E-state index in [4.69, 9.17) is 10.0 Å². The summed E-state index contributed by atoms with van der Waals surface area (Å²) < 4.78 is 0. The van der Waals surface area contributed by atoms with Gasteiger partial charge in [-0.3, -0.25) is 0 Å². The first-order valence-corrected chi connectivity index (χ1v) is 5.60. The van der Waals surface area contributed by atoms with E-state index in [1.807, 2.05) is 31.2 Å². The van der Waals surface area contributed by atoms with Crippen LogP contribution in [-0.2, 0) is 0 Å². The molecule has 0 amide bonds. The van der Waals surface area contributed by atoms with E-state index in [0.717, 1.165) is 11.3 Å². The lowest BCUT2D eigenvalue weighted by atomic mass is 9.80. The van der Waals surface area contributed by atoms with Crippen LogP contribution in [0.2, 0.25) is 0 Å². The molecule has 90 valence electrons. The third kappa shape index (κ3) is 3.26. The molecule has 0 bridgehead atoms. The normalized spacial score (nSPS) is 10.8. The van der Waals surface area contributed by atoms with E-state index in [1.165, 1.54) is 0 Å². The lowest BCUT2D eigenvalue weighted by Gasteiger charge is -1.98. The van der Waals surface area contributed by atoms with Gasteiger partial charge in [0.1, 0.15) is 0 Å². The van der Waals surface area contributed by atoms with Crippen LogP contribution in [-0.4, -0.2) is 17.2 Å². The van der Waals surface area contributed by atoms with Gasteiger partial charge in [-0.2, -0.15) is 10.2 Å². The molecule has 2 rings (SSSR count). The number of hydrogen-bond donors (Lipinski definition) is 2. The summed E-state index contributed by atoms with van der Waals surface area (Å²) in [6.45, 7) is 2.00. The van der Waals surface area contributed by atoms with Crippen molar-refractivity contribution in [3.05, 3.63) is 54.1 Å². The zero-order valence-corrected chi connectivity index (χ0v) is 9.99. The maximum Gasteiger partial charge on any atom is 0.488 e. The van der Waals surface area contributed by atoms with Crippen LogP contribution in [0.5, 0.6) is 0 Å². The maximum absolute atomic E-state index is 8.95. The Hall–Kier alpha value is -1.98. The fourth-order valence-electron chi connectivity index (χ4n) is 1.52. The van der Waals surface area contributed by atoms with E-state index >= 15 is 0 Å². The SMILES string of the molecule is Cc1cccc(/N=N/c2ccc(B(O)O)cc2)c1. The number of nitrogens with zero attached hydrogens (tertiary/aromatic N) is 2. The third-order valence-electron chi connectivity index (χ3n) is 2.47. The minimum absolute atomic E-state index is 0.435. The van der Waals surface area contributed by atoms with Gasteiger partial charge in [-0.1, -0.05) is 24.3 Å². The van der Waals surface area contributed by atoms with Gasteiger partial charge >= 0.3 is 7.12 Å². The van der Waals surface area contributed by atoms with E-state index in [-0.39, 0.29) is 0 Å². The van der Waals surface area contributed by atoms with E-state index < -0.39 is 7.12 Å². The molecule has 0 saturated heterocycles. The highest BCUT2D eigenvalue weighted by atomic mass is 16.4. The molecule has 0 aromatic heterocycles. The van der Waals surface area contributed by atoms with Crippen molar-refractivity contribution in [1.82, 2.24) is 0 Å². The molecule has 2 aromatic rings. The molecule has 5 heteroatoms. The first-order chi connectivity index (χ1) is 8.65. The van der Waals surface area contributed by atoms with Gasteiger partial charge in [0.15, 0.2) is 0 Å². The molecule has 18 heavy (non-hydrogen) atoms. The highest BCUT2D eigenvalue weighted by molar-refractivity contribution is 6.58. The lowest BCUT2D eigenvalue weighted by Crippen LogP contribution is -2.29. The molecule has 0 atom stereocenters.